The Morgan fingerprint density at radius 1 is 0.960 bits per heavy atom. The minimum atomic E-state index is -0.00489. The van der Waals surface area contributed by atoms with Gasteiger partial charge in [0.15, 0.2) is 11.5 Å². The molecule has 1 aliphatic carbocycles. The highest BCUT2D eigenvalue weighted by molar-refractivity contribution is 5.48. The summed E-state index contributed by atoms with van der Waals surface area (Å²) < 4.78 is 0. The molecule has 0 amide bonds. The van der Waals surface area contributed by atoms with Gasteiger partial charge in [0.05, 0.1) is 0 Å². The molecule has 4 heteroatoms. The van der Waals surface area contributed by atoms with E-state index in [1.807, 2.05) is 18.2 Å². The van der Waals surface area contributed by atoms with Gasteiger partial charge < -0.3 is 20.2 Å². The number of rotatable bonds is 4. The van der Waals surface area contributed by atoms with Gasteiger partial charge in [-0.3, -0.25) is 0 Å². The average Bonchev–Trinajstić information content (AvgIpc) is 3.01. The number of aromatic hydroxyl groups is 3. The Labute approximate surface area is 148 Å². The molecule has 0 radical (unpaired) electrons. The predicted molar refractivity (Wildman–Crippen MR) is 97.2 cm³/mol. The van der Waals surface area contributed by atoms with Gasteiger partial charge in [-0.1, -0.05) is 18.2 Å². The first kappa shape index (κ1) is 16.3. The Morgan fingerprint density at radius 2 is 1.76 bits per heavy atom. The van der Waals surface area contributed by atoms with E-state index in [0.29, 0.717) is 17.6 Å². The summed E-state index contributed by atoms with van der Waals surface area (Å²) in [6, 6.07) is 11.1. The minimum absolute atomic E-state index is 0.00240. The van der Waals surface area contributed by atoms with E-state index in [1.165, 1.54) is 11.1 Å². The number of benzene rings is 2. The van der Waals surface area contributed by atoms with Gasteiger partial charge in [0, 0.05) is 19.0 Å². The second kappa shape index (κ2) is 6.60. The summed E-state index contributed by atoms with van der Waals surface area (Å²) in [6.07, 6.45) is 4.06. The van der Waals surface area contributed by atoms with Crippen molar-refractivity contribution in [3.63, 3.8) is 0 Å². The lowest BCUT2D eigenvalue weighted by molar-refractivity contribution is 0.316. The Balaban J connectivity index is 1.39. The van der Waals surface area contributed by atoms with Gasteiger partial charge in [0.1, 0.15) is 5.75 Å². The first-order chi connectivity index (χ1) is 12.1. The summed E-state index contributed by atoms with van der Waals surface area (Å²) in [5, 5.41) is 29.5. The van der Waals surface area contributed by atoms with Gasteiger partial charge in [0.25, 0.3) is 0 Å². The number of phenolic OH excluding ortho intramolecular Hbond substituents is 3. The number of fused-ring (bicyclic) bond motifs is 3. The van der Waals surface area contributed by atoms with Crippen molar-refractivity contribution in [1.29, 1.82) is 0 Å². The van der Waals surface area contributed by atoms with Crippen LogP contribution in [0.2, 0.25) is 0 Å². The van der Waals surface area contributed by atoms with E-state index in [4.69, 9.17) is 0 Å². The average molecular weight is 339 g/mol. The number of nitrogens with zero attached hydrogens (tertiary/aromatic N) is 1. The van der Waals surface area contributed by atoms with Crippen LogP contribution < -0.4 is 0 Å². The molecule has 0 spiro atoms. The monoisotopic (exact) mass is 339 g/mol. The van der Waals surface area contributed by atoms with Crippen LogP contribution in [0.15, 0.2) is 36.4 Å². The highest BCUT2D eigenvalue weighted by Gasteiger charge is 2.37. The van der Waals surface area contributed by atoms with Gasteiger partial charge in [0.2, 0.25) is 0 Å². The second-order valence-corrected chi connectivity index (χ2v) is 7.44. The largest absolute Gasteiger partial charge is 0.508 e. The number of hydrogen-bond donors (Lipinski definition) is 3. The molecule has 2 aromatic carbocycles. The fraction of sp³-hybridized carbons (Fsp3) is 0.429. The maximum Gasteiger partial charge on any atom is 0.157 e. The second-order valence-electron chi connectivity index (χ2n) is 7.44. The fourth-order valence-electron chi connectivity index (χ4n) is 4.54. The van der Waals surface area contributed by atoms with E-state index in [0.717, 1.165) is 50.9 Å². The van der Waals surface area contributed by atoms with Crippen molar-refractivity contribution in [3.8, 4) is 17.2 Å². The zero-order chi connectivity index (χ0) is 17.4. The summed E-state index contributed by atoms with van der Waals surface area (Å²) in [6.45, 7) is 3.15. The normalized spacial score (nSPS) is 22.6. The molecular weight excluding hydrogens is 314 g/mol. The molecule has 0 bridgehead atoms. The highest BCUT2D eigenvalue weighted by Crippen LogP contribution is 2.44. The molecular formula is C21H25NO3. The van der Waals surface area contributed by atoms with Crippen molar-refractivity contribution >= 4 is 0 Å². The first-order valence-electron chi connectivity index (χ1n) is 9.16. The molecule has 0 aromatic heterocycles. The van der Waals surface area contributed by atoms with Crippen molar-refractivity contribution < 1.29 is 15.3 Å². The van der Waals surface area contributed by atoms with Crippen LogP contribution in [0, 0.1) is 5.92 Å². The van der Waals surface area contributed by atoms with Crippen LogP contribution in [-0.2, 0) is 12.8 Å². The van der Waals surface area contributed by atoms with E-state index in [1.54, 1.807) is 18.2 Å². The summed E-state index contributed by atoms with van der Waals surface area (Å²) in [7, 11) is 0. The summed E-state index contributed by atoms with van der Waals surface area (Å²) >= 11 is 0. The van der Waals surface area contributed by atoms with Gasteiger partial charge in [-0.25, -0.2) is 0 Å². The Bertz CT molecular complexity index is 774. The zero-order valence-corrected chi connectivity index (χ0v) is 14.4. The Kier molecular flexibility index (Phi) is 4.30. The van der Waals surface area contributed by atoms with E-state index in [2.05, 4.69) is 4.90 Å². The van der Waals surface area contributed by atoms with Crippen molar-refractivity contribution in [3.05, 3.63) is 53.1 Å². The lowest BCUT2D eigenvalue weighted by atomic mass is 9.77. The van der Waals surface area contributed by atoms with Crippen LogP contribution in [0.25, 0.3) is 0 Å². The third kappa shape index (κ3) is 3.19. The summed E-state index contributed by atoms with van der Waals surface area (Å²) in [5.41, 5.74) is 3.42. The third-order valence-electron chi connectivity index (χ3n) is 5.85. The van der Waals surface area contributed by atoms with Crippen LogP contribution in [0.4, 0.5) is 0 Å². The summed E-state index contributed by atoms with van der Waals surface area (Å²) in [5.74, 6) is 1.48. The van der Waals surface area contributed by atoms with Crippen molar-refractivity contribution in [2.75, 3.05) is 19.6 Å². The minimum Gasteiger partial charge on any atom is -0.508 e. The number of likely N-dealkylation sites (tertiary alicyclic amines) is 1. The van der Waals surface area contributed by atoms with Crippen molar-refractivity contribution in [2.24, 2.45) is 5.92 Å². The quantitative estimate of drug-likeness (QED) is 0.747. The number of hydrogen-bond acceptors (Lipinski definition) is 4. The Hall–Kier alpha value is -2.20. The van der Waals surface area contributed by atoms with Crippen LogP contribution >= 0.6 is 0 Å². The molecule has 25 heavy (non-hydrogen) atoms. The predicted octanol–water partition coefficient (Wildman–Crippen LogP) is 3.40. The SMILES string of the molecule is Oc1cc2c(cc1O)C1CN(CCCc3ccccc3O)CC1CC2. The van der Waals surface area contributed by atoms with Gasteiger partial charge >= 0.3 is 0 Å². The molecule has 2 aromatic rings. The van der Waals surface area contributed by atoms with E-state index in [9.17, 15) is 15.3 Å². The zero-order valence-electron chi connectivity index (χ0n) is 14.4. The van der Waals surface area contributed by atoms with Crippen molar-refractivity contribution in [1.82, 2.24) is 4.90 Å². The molecule has 4 rings (SSSR count). The molecule has 3 N–H and O–H groups in total. The van der Waals surface area contributed by atoms with Gasteiger partial charge in [-0.05, 0) is 73.0 Å². The number of aryl methyl sites for hydroxylation is 2. The maximum atomic E-state index is 9.87. The molecule has 1 heterocycles. The van der Waals surface area contributed by atoms with Crippen molar-refractivity contribution in [2.45, 2.75) is 31.6 Å². The molecule has 2 atom stereocenters. The molecule has 0 saturated carbocycles. The molecule has 4 nitrogen and oxygen atoms in total. The van der Waals surface area contributed by atoms with E-state index >= 15 is 0 Å². The molecule has 132 valence electrons. The van der Waals surface area contributed by atoms with Crippen LogP contribution in [0.3, 0.4) is 0 Å². The molecule has 2 unspecified atom stereocenters. The fourth-order valence-corrected chi connectivity index (χ4v) is 4.54. The topological polar surface area (TPSA) is 63.9 Å². The number of para-hydroxylation sites is 1. The first-order valence-corrected chi connectivity index (χ1v) is 9.16. The summed E-state index contributed by atoms with van der Waals surface area (Å²) in [4.78, 5) is 2.51. The maximum absolute atomic E-state index is 9.87. The molecule has 2 aliphatic rings. The van der Waals surface area contributed by atoms with Gasteiger partial charge in [-0.2, -0.15) is 0 Å². The lowest BCUT2D eigenvalue weighted by Gasteiger charge is -2.27. The van der Waals surface area contributed by atoms with E-state index in [-0.39, 0.29) is 11.5 Å². The lowest BCUT2D eigenvalue weighted by Crippen LogP contribution is -2.22. The standard InChI is InChI=1S/C21H25NO3/c23-19-6-2-1-4-14(19)5-3-9-22-12-16-8-7-15-10-20(24)21(25)11-17(15)18(16)13-22/h1-2,4,6,10-11,16,18,23-25H,3,5,7-9,12-13H2. The van der Waals surface area contributed by atoms with Gasteiger partial charge in [-0.15, -0.1) is 0 Å². The molecule has 1 aliphatic heterocycles. The highest BCUT2D eigenvalue weighted by atomic mass is 16.3. The smallest absolute Gasteiger partial charge is 0.157 e. The van der Waals surface area contributed by atoms with Crippen LogP contribution in [0.1, 0.15) is 35.4 Å². The Morgan fingerprint density at radius 3 is 2.60 bits per heavy atom. The van der Waals surface area contributed by atoms with Crippen LogP contribution in [0.5, 0.6) is 17.2 Å². The third-order valence-corrected chi connectivity index (χ3v) is 5.85. The van der Waals surface area contributed by atoms with E-state index < -0.39 is 0 Å². The molecule has 1 fully saturated rings. The molecule has 1 saturated heterocycles. The van der Waals surface area contributed by atoms with Crippen LogP contribution in [-0.4, -0.2) is 39.9 Å². The number of phenols is 3.